The van der Waals surface area contributed by atoms with Crippen molar-refractivity contribution in [1.29, 1.82) is 0 Å². The van der Waals surface area contributed by atoms with Gasteiger partial charge in [0.15, 0.2) is 5.82 Å². The fourth-order valence-corrected chi connectivity index (χ4v) is 2.86. The van der Waals surface area contributed by atoms with E-state index >= 15 is 0 Å². The average Bonchev–Trinajstić information content (AvgIpc) is 3.23. The predicted octanol–water partition coefficient (Wildman–Crippen LogP) is 2.30. The lowest BCUT2D eigenvalue weighted by atomic mass is 10.00. The minimum absolute atomic E-state index is 0.447. The minimum Gasteiger partial charge on any atom is -0.378 e. The van der Waals surface area contributed by atoms with Crippen LogP contribution in [0.5, 0.6) is 0 Å². The number of aryl methyl sites for hydroxylation is 1. The Hall–Kier alpha value is -1.20. The van der Waals surface area contributed by atoms with Crippen LogP contribution in [0.1, 0.15) is 37.2 Å². The topological polar surface area (TPSA) is 56.3 Å². The molecule has 0 amide bonds. The fourth-order valence-electron chi connectivity index (χ4n) is 2.86. The number of nitrogens with zero attached hydrogens (tertiary/aromatic N) is 2. The zero-order valence-corrected chi connectivity index (χ0v) is 12.3. The zero-order valence-electron chi connectivity index (χ0n) is 12.3. The van der Waals surface area contributed by atoms with E-state index < -0.39 is 0 Å². The van der Waals surface area contributed by atoms with Crippen LogP contribution in [-0.4, -0.2) is 35.8 Å². The molecule has 2 fully saturated rings. The molecule has 20 heavy (non-hydrogen) atoms. The summed E-state index contributed by atoms with van der Waals surface area (Å²) in [5.41, 5.74) is 0.973. The maximum atomic E-state index is 5.86. The third-order valence-corrected chi connectivity index (χ3v) is 3.99. The molecule has 0 radical (unpaired) electrons. The first-order valence-electron chi connectivity index (χ1n) is 7.46. The van der Waals surface area contributed by atoms with Gasteiger partial charge in [-0.2, -0.15) is 0 Å². The molecule has 0 spiro atoms. The van der Waals surface area contributed by atoms with Crippen LogP contribution in [0.15, 0.2) is 6.07 Å². The first-order valence-corrected chi connectivity index (χ1v) is 7.46. The molecule has 5 heteroatoms. The van der Waals surface area contributed by atoms with Gasteiger partial charge in [0.1, 0.15) is 12.4 Å². The lowest BCUT2D eigenvalue weighted by molar-refractivity contribution is -0.00224. The van der Waals surface area contributed by atoms with Crippen LogP contribution in [0.4, 0.5) is 5.82 Å². The Morgan fingerprint density at radius 2 is 2.20 bits per heavy atom. The largest absolute Gasteiger partial charge is 0.378 e. The van der Waals surface area contributed by atoms with Crippen molar-refractivity contribution in [3.8, 4) is 0 Å². The second-order valence-electron chi connectivity index (χ2n) is 5.86. The van der Waals surface area contributed by atoms with Crippen LogP contribution in [0.25, 0.3) is 0 Å². The summed E-state index contributed by atoms with van der Waals surface area (Å²) in [5, 5.41) is 3.55. The summed E-state index contributed by atoms with van der Waals surface area (Å²) in [6.07, 6.45) is 5.26. The molecule has 2 aliphatic rings. The van der Waals surface area contributed by atoms with Gasteiger partial charge in [-0.05, 0) is 38.5 Å². The molecule has 0 bridgehead atoms. The maximum absolute atomic E-state index is 5.86. The Balaban J connectivity index is 1.64. The van der Waals surface area contributed by atoms with Gasteiger partial charge in [-0.25, -0.2) is 9.97 Å². The Kier molecular flexibility index (Phi) is 4.17. The van der Waals surface area contributed by atoms with E-state index in [1.54, 1.807) is 7.11 Å². The average molecular weight is 277 g/mol. The number of ether oxygens (including phenoxy) is 2. The van der Waals surface area contributed by atoms with E-state index in [0.29, 0.717) is 18.8 Å². The molecular weight excluding hydrogens is 254 g/mol. The van der Waals surface area contributed by atoms with Crippen molar-refractivity contribution in [1.82, 2.24) is 9.97 Å². The van der Waals surface area contributed by atoms with Crippen LogP contribution >= 0.6 is 0 Å². The van der Waals surface area contributed by atoms with Gasteiger partial charge in [-0.15, -0.1) is 0 Å². The van der Waals surface area contributed by atoms with Crippen LogP contribution in [0.3, 0.4) is 0 Å². The zero-order chi connectivity index (χ0) is 13.9. The van der Waals surface area contributed by atoms with Crippen molar-refractivity contribution in [3.05, 3.63) is 17.6 Å². The third-order valence-electron chi connectivity index (χ3n) is 3.99. The highest BCUT2D eigenvalue weighted by Gasteiger charge is 2.35. The number of aromatic nitrogens is 2. The Morgan fingerprint density at radius 3 is 2.95 bits per heavy atom. The highest BCUT2D eigenvalue weighted by Crippen LogP contribution is 2.38. The summed E-state index contributed by atoms with van der Waals surface area (Å²) in [5.74, 6) is 2.45. The molecule has 2 atom stereocenters. The molecule has 2 heterocycles. The van der Waals surface area contributed by atoms with Crippen LogP contribution < -0.4 is 5.32 Å². The second kappa shape index (κ2) is 6.06. The van der Waals surface area contributed by atoms with E-state index in [0.717, 1.165) is 42.7 Å². The maximum Gasteiger partial charge on any atom is 0.156 e. The molecule has 1 aromatic rings. The number of hydrogen-bond acceptors (Lipinski definition) is 5. The van der Waals surface area contributed by atoms with Crippen molar-refractivity contribution in [2.24, 2.45) is 5.92 Å². The first-order chi connectivity index (χ1) is 9.74. The predicted molar refractivity (Wildman–Crippen MR) is 76.6 cm³/mol. The molecule has 110 valence electrons. The molecular formula is C15H23N3O2. The summed E-state index contributed by atoms with van der Waals surface area (Å²) in [4.78, 5) is 8.88. The molecule has 1 saturated carbocycles. The molecule has 3 rings (SSSR count). The van der Waals surface area contributed by atoms with E-state index in [2.05, 4.69) is 15.3 Å². The van der Waals surface area contributed by atoms with E-state index in [-0.39, 0.29) is 0 Å². The fraction of sp³-hybridized carbons (Fsp3) is 0.733. The molecule has 1 N–H and O–H groups in total. The van der Waals surface area contributed by atoms with Gasteiger partial charge >= 0.3 is 0 Å². The summed E-state index contributed by atoms with van der Waals surface area (Å²) < 4.78 is 11.0. The molecule has 1 saturated heterocycles. The Labute approximate surface area is 120 Å². The monoisotopic (exact) mass is 277 g/mol. The van der Waals surface area contributed by atoms with Crippen molar-refractivity contribution >= 4 is 5.82 Å². The molecule has 2 unspecified atom stereocenters. The second-order valence-corrected chi connectivity index (χ2v) is 5.86. The molecule has 5 nitrogen and oxygen atoms in total. The van der Waals surface area contributed by atoms with E-state index in [9.17, 15) is 0 Å². The quantitative estimate of drug-likeness (QED) is 0.895. The van der Waals surface area contributed by atoms with Gasteiger partial charge < -0.3 is 14.8 Å². The Bertz CT molecular complexity index is 462. The number of rotatable bonds is 5. The lowest BCUT2D eigenvalue weighted by Crippen LogP contribution is -2.35. The van der Waals surface area contributed by atoms with Gasteiger partial charge in [0.25, 0.3) is 0 Å². The summed E-state index contributed by atoms with van der Waals surface area (Å²) in [7, 11) is 1.66. The SMILES string of the molecule is COCc1nc(C)cc(NC2CCOC(C3CC3)C2)n1. The normalized spacial score (nSPS) is 26.5. The summed E-state index contributed by atoms with van der Waals surface area (Å²) in [6, 6.07) is 2.46. The minimum atomic E-state index is 0.447. The number of anilines is 1. The van der Waals surface area contributed by atoms with Gasteiger partial charge in [0.05, 0.1) is 6.10 Å². The number of hydrogen-bond donors (Lipinski definition) is 1. The highest BCUT2D eigenvalue weighted by molar-refractivity contribution is 5.37. The van der Waals surface area contributed by atoms with E-state index in [1.165, 1.54) is 12.8 Å². The third kappa shape index (κ3) is 3.46. The van der Waals surface area contributed by atoms with E-state index in [1.807, 2.05) is 13.0 Å². The van der Waals surface area contributed by atoms with Gasteiger partial charge in [0, 0.05) is 31.5 Å². The van der Waals surface area contributed by atoms with Crippen molar-refractivity contribution in [2.75, 3.05) is 19.0 Å². The first kappa shape index (κ1) is 13.8. The summed E-state index contributed by atoms with van der Waals surface area (Å²) >= 11 is 0. The molecule has 1 aliphatic heterocycles. The highest BCUT2D eigenvalue weighted by atomic mass is 16.5. The standard InChI is InChI=1S/C15H23N3O2/c1-10-7-14(18-15(16-10)9-19-2)17-12-5-6-20-13(8-12)11-3-4-11/h7,11-13H,3-6,8-9H2,1-2H3,(H,16,17,18). The molecule has 1 aliphatic carbocycles. The van der Waals surface area contributed by atoms with Crippen LogP contribution in [0, 0.1) is 12.8 Å². The van der Waals surface area contributed by atoms with Crippen LogP contribution in [-0.2, 0) is 16.1 Å². The smallest absolute Gasteiger partial charge is 0.156 e. The molecule has 1 aromatic heterocycles. The van der Waals surface area contributed by atoms with Crippen molar-refractivity contribution < 1.29 is 9.47 Å². The van der Waals surface area contributed by atoms with Gasteiger partial charge in [-0.3, -0.25) is 0 Å². The lowest BCUT2D eigenvalue weighted by Gasteiger charge is -2.30. The van der Waals surface area contributed by atoms with Crippen molar-refractivity contribution in [2.45, 2.75) is 51.4 Å². The molecule has 0 aromatic carbocycles. The Morgan fingerprint density at radius 1 is 1.35 bits per heavy atom. The summed E-state index contributed by atoms with van der Waals surface area (Å²) in [6.45, 7) is 3.30. The number of methoxy groups -OCH3 is 1. The van der Waals surface area contributed by atoms with E-state index in [4.69, 9.17) is 9.47 Å². The van der Waals surface area contributed by atoms with Crippen LogP contribution in [0.2, 0.25) is 0 Å². The van der Waals surface area contributed by atoms with Crippen molar-refractivity contribution in [3.63, 3.8) is 0 Å². The van der Waals surface area contributed by atoms with Gasteiger partial charge in [0.2, 0.25) is 0 Å². The van der Waals surface area contributed by atoms with Gasteiger partial charge in [-0.1, -0.05) is 0 Å². The number of nitrogens with one attached hydrogen (secondary N) is 1.